The van der Waals surface area contributed by atoms with Crippen LogP contribution in [0.3, 0.4) is 0 Å². The molecule has 0 aliphatic carbocycles. The minimum Gasteiger partial charge on any atom is -0.465 e. The van der Waals surface area contributed by atoms with Crippen LogP contribution in [-0.2, 0) is 11.3 Å². The number of benzene rings is 1. The molecular formula is C14H21ClN2O2. The van der Waals surface area contributed by atoms with Crippen LogP contribution < -0.4 is 5.32 Å². The molecule has 0 saturated carbocycles. The summed E-state index contributed by atoms with van der Waals surface area (Å²) in [6, 6.07) is 7.67. The molecule has 1 aliphatic rings. The first-order valence-electron chi connectivity index (χ1n) is 6.40. The highest BCUT2D eigenvalue weighted by Gasteiger charge is 2.10. The van der Waals surface area contributed by atoms with E-state index in [-0.39, 0.29) is 18.4 Å². The van der Waals surface area contributed by atoms with Gasteiger partial charge in [-0.2, -0.15) is 0 Å². The molecule has 4 nitrogen and oxygen atoms in total. The average molecular weight is 285 g/mol. The molecule has 0 radical (unpaired) electrons. The number of esters is 1. The topological polar surface area (TPSA) is 41.6 Å². The highest BCUT2D eigenvalue weighted by Crippen LogP contribution is 2.09. The highest BCUT2D eigenvalue weighted by atomic mass is 35.5. The van der Waals surface area contributed by atoms with E-state index in [1.165, 1.54) is 19.1 Å². The van der Waals surface area contributed by atoms with Crippen molar-refractivity contribution in [3.63, 3.8) is 0 Å². The van der Waals surface area contributed by atoms with Gasteiger partial charge in [-0.05, 0) is 37.2 Å². The lowest BCUT2D eigenvalue weighted by molar-refractivity contribution is 0.0600. The van der Waals surface area contributed by atoms with E-state index >= 15 is 0 Å². The van der Waals surface area contributed by atoms with E-state index in [1.54, 1.807) is 0 Å². The second kappa shape index (κ2) is 8.15. The molecular weight excluding hydrogens is 264 g/mol. The Labute approximate surface area is 120 Å². The van der Waals surface area contributed by atoms with E-state index in [9.17, 15) is 4.79 Å². The van der Waals surface area contributed by atoms with Crippen LogP contribution >= 0.6 is 12.4 Å². The molecule has 2 rings (SSSR count). The number of ether oxygens (including phenoxy) is 1. The maximum atomic E-state index is 11.3. The fourth-order valence-corrected chi connectivity index (χ4v) is 2.18. The summed E-state index contributed by atoms with van der Waals surface area (Å²) in [5, 5.41) is 3.39. The molecule has 0 amide bonds. The lowest BCUT2D eigenvalue weighted by Crippen LogP contribution is -2.27. The van der Waals surface area contributed by atoms with Gasteiger partial charge in [0.25, 0.3) is 0 Å². The molecule has 106 valence electrons. The van der Waals surface area contributed by atoms with Crippen molar-refractivity contribution in [2.75, 3.05) is 33.3 Å². The molecule has 1 N–H and O–H groups in total. The number of hydrogen-bond donors (Lipinski definition) is 1. The third kappa shape index (κ3) is 4.82. The molecule has 0 bridgehead atoms. The zero-order chi connectivity index (χ0) is 12.8. The van der Waals surface area contributed by atoms with Crippen LogP contribution in [0, 0.1) is 0 Å². The minimum absolute atomic E-state index is 0. The number of rotatable bonds is 3. The van der Waals surface area contributed by atoms with Crippen LogP contribution in [0.4, 0.5) is 0 Å². The van der Waals surface area contributed by atoms with Crippen LogP contribution in [0.5, 0.6) is 0 Å². The fourth-order valence-electron chi connectivity index (χ4n) is 2.18. The van der Waals surface area contributed by atoms with Crippen molar-refractivity contribution in [1.29, 1.82) is 0 Å². The van der Waals surface area contributed by atoms with Crippen LogP contribution in [0.1, 0.15) is 22.3 Å². The van der Waals surface area contributed by atoms with E-state index in [0.29, 0.717) is 5.56 Å². The maximum Gasteiger partial charge on any atom is 0.337 e. The second-order valence-electron chi connectivity index (χ2n) is 4.57. The Bertz CT molecular complexity index is 387. The average Bonchev–Trinajstić information content (AvgIpc) is 2.67. The zero-order valence-electron chi connectivity index (χ0n) is 11.2. The van der Waals surface area contributed by atoms with Gasteiger partial charge in [-0.1, -0.05) is 12.1 Å². The summed E-state index contributed by atoms with van der Waals surface area (Å²) in [5.74, 6) is -0.277. The summed E-state index contributed by atoms with van der Waals surface area (Å²) in [5.41, 5.74) is 1.85. The third-order valence-electron chi connectivity index (χ3n) is 3.21. The summed E-state index contributed by atoms with van der Waals surface area (Å²) in [7, 11) is 1.40. The van der Waals surface area contributed by atoms with Gasteiger partial charge in [-0.3, -0.25) is 4.90 Å². The van der Waals surface area contributed by atoms with Crippen molar-refractivity contribution in [1.82, 2.24) is 10.2 Å². The molecule has 1 fully saturated rings. The van der Waals surface area contributed by atoms with Crippen molar-refractivity contribution in [2.24, 2.45) is 0 Å². The van der Waals surface area contributed by atoms with Gasteiger partial charge in [-0.15, -0.1) is 12.4 Å². The number of carbonyl (C=O) groups excluding carboxylic acids is 1. The molecule has 0 spiro atoms. The molecule has 1 aliphatic heterocycles. The summed E-state index contributed by atoms with van der Waals surface area (Å²) >= 11 is 0. The van der Waals surface area contributed by atoms with Crippen molar-refractivity contribution in [3.8, 4) is 0 Å². The number of halogens is 1. The van der Waals surface area contributed by atoms with E-state index in [1.807, 2.05) is 24.3 Å². The lowest BCUT2D eigenvalue weighted by atomic mass is 10.1. The minimum atomic E-state index is -0.277. The van der Waals surface area contributed by atoms with Crippen molar-refractivity contribution in [3.05, 3.63) is 35.4 Å². The summed E-state index contributed by atoms with van der Waals surface area (Å²) < 4.78 is 4.69. The van der Waals surface area contributed by atoms with Crippen LogP contribution in [0.25, 0.3) is 0 Å². The molecule has 1 aromatic carbocycles. The lowest BCUT2D eigenvalue weighted by Gasteiger charge is -2.19. The number of methoxy groups -OCH3 is 1. The monoisotopic (exact) mass is 284 g/mol. The fraction of sp³-hybridized carbons (Fsp3) is 0.500. The van der Waals surface area contributed by atoms with E-state index in [2.05, 4.69) is 15.0 Å². The Morgan fingerprint density at radius 3 is 2.68 bits per heavy atom. The van der Waals surface area contributed by atoms with Crippen LogP contribution in [0.2, 0.25) is 0 Å². The Balaban J connectivity index is 0.00000180. The van der Waals surface area contributed by atoms with Gasteiger partial charge in [0.15, 0.2) is 0 Å². The SMILES string of the molecule is COC(=O)c1ccc(CN2CCCNCC2)cc1.Cl. The van der Waals surface area contributed by atoms with Crippen molar-refractivity contribution < 1.29 is 9.53 Å². The largest absolute Gasteiger partial charge is 0.465 e. The van der Waals surface area contributed by atoms with E-state index < -0.39 is 0 Å². The van der Waals surface area contributed by atoms with Gasteiger partial charge in [-0.25, -0.2) is 4.79 Å². The molecule has 5 heteroatoms. The Morgan fingerprint density at radius 1 is 1.26 bits per heavy atom. The summed E-state index contributed by atoms with van der Waals surface area (Å²) in [4.78, 5) is 13.8. The highest BCUT2D eigenvalue weighted by molar-refractivity contribution is 5.89. The smallest absolute Gasteiger partial charge is 0.337 e. The summed E-state index contributed by atoms with van der Waals surface area (Å²) in [6.45, 7) is 5.33. The third-order valence-corrected chi connectivity index (χ3v) is 3.21. The van der Waals surface area contributed by atoms with Gasteiger partial charge in [0.05, 0.1) is 12.7 Å². The van der Waals surface area contributed by atoms with Crippen molar-refractivity contribution >= 4 is 18.4 Å². The Hall–Kier alpha value is -1.10. The molecule has 0 atom stereocenters. The predicted octanol–water partition coefficient (Wildman–Crippen LogP) is 1.69. The quantitative estimate of drug-likeness (QED) is 0.858. The van der Waals surface area contributed by atoms with Gasteiger partial charge >= 0.3 is 5.97 Å². The molecule has 19 heavy (non-hydrogen) atoms. The van der Waals surface area contributed by atoms with Gasteiger partial charge in [0.1, 0.15) is 0 Å². The standard InChI is InChI=1S/C14H20N2O2.ClH/c1-18-14(17)13-5-3-12(4-6-13)11-16-9-2-7-15-8-10-16;/h3-6,15H,2,7-11H2,1H3;1H. The number of carbonyl (C=O) groups is 1. The van der Waals surface area contributed by atoms with Gasteiger partial charge in [0, 0.05) is 19.6 Å². The van der Waals surface area contributed by atoms with Gasteiger partial charge in [0.2, 0.25) is 0 Å². The van der Waals surface area contributed by atoms with Crippen LogP contribution in [0.15, 0.2) is 24.3 Å². The molecule has 0 unspecified atom stereocenters. The van der Waals surface area contributed by atoms with Gasteiger partial charge < -0.3 is 10.1 Å². The first-order valence-corrected chi connectivity index (χ1v) is 6.40. The Morgan fingerprint density at radius 2 is 2.00 bits per heavy atom. The van der Waals surface area contributed by atoms with E-state index in [0.717, 1.165) is 32.7 Å². The molecule has 0 aromatic heterocycles. The maximum absolute atomic E-state index is 11.3. The molecule has 1 aromatic rings. The number of hydrogen-bond acceptors (Lipinski definition) is 4. The number of nitrogens with one attached hydrogen (secondary N) is 1. The van der Waals surface area contributed by atoms with E-state index in [4.69, 9.17) is 0 Å². The van der Waals surface area contributed by atoms with Crippen LogP contribution in [-0.4, -0.2) is 44.2 Å². The normalized spacial score (nSPS) is 16.3. The number of nitrogens with zero attached hydrogens (tertiary/aromatic N) is 1. The summed E-state index contributed by atoms with van der Waals surface area (Å²) in [6.07, 6.45) is 1.19. The molecule has 1 heterocycles. The Kier molecular flexibility index (Phi) is 6.84. The van der Waals surface area contributed by atoms with Crippen molar-refractivity contribution in [2.45, 2.75) is 13.0 Å². The second-order valence-corrected chi connectivity index (χ2v) is 4.57. The zero-order valence-corrected chi connectivity index (χ0v) is 12.0. The predicted molar refractivity (Wildman–Crippen MR) is 77.8 cm³/mol. The molecule has 1 saturated heterocycles. The first-order chi connectivity index (χ1) is 8.79. The first kappa shape index (κ1) is 16.0.